The van der Waals surface area contributed by atoms with Crippen molar-refractivity contribution in [1.29, 1.82) is 5.26 Å². The van der Waals surface area contributed by atoms with Crippen LogP contribution in [-0.4, -0.2) is 33.7 Å². The van der Waals surface area contributed by atoms with Gasteiger partial charge in [0.2, 0.25) is 0 Å². The van der Waals surface area contributed by atoms with Gasteiger partial charge in [0.15, 0.2) is 0 Å². The SMILES string of the molecule is N#Cc1ccnc(SC[C@@H](O)CO)c1. The van der Waals surface area contributed by atoms with E-state index in [1.807, 2.05) is 6.07 Å². The van der Waals surface area contributed by atoms with Gasteiger partial charge in [0.05, 0.1) is 29.4 Å². The quantitative estimate of drug-likeness (QED) is 0.703. The first-order valence-electron chi connectivity index (χ1n) is 4.04. The third-order valence-electron chi connectivity index (χ3n) is 1.50. The smallest absolute Gasteiger partial charge is 0.0993 e. The molecule has 0 aliphatic heterocycles. The number of thioether (sulfide) groups is 1. The molecule has 0 fully saturated rings. The molecule has 0 spiro atoms. The van der Waals surface area contributed by atoms with Gasteiger partial charge in [-0.2, -0.15) is 5.26 Å². The van der Waals surface area contributed by atoms with Gasteiger partial charge in [-0.1, -0.05) is 0 Å². The summed E-state index contributed by atoms with van der Waals surface area (Å²) in [4.78, 5) is 4.01. The summed E-state index contributed by atoms with van der Waals surface area (Å²) in [5, 5.41) is 26.9. The van der Waals surface area contributed by atoms with Crippen molar-refractivity contribution in [3.8, 4) is 6.07 Å². The van der Waals surface area contributed by atoms with E-state index in [9.17, 15) is 0 Å². The Morgan fingerprint density at radius 2 is 2.43 bits per heavy atom. The molecule has 0 bridgehead atoms. The molecular weight excluding hydrogens is 200 g/mol. The highest BCUT2D eigenvalue weighted by Gasteiger charge is 2.04. The van der Waals surface area contributed by atoms with E-state index >= 15 is 0 Å². The molecule has 1 heterocycles. The van der Waals surface area contributed by atoms with Crippen molar-refractivity contribution in [1.82, 2.24) is 4.98 Å². The summed E-state index contributed by atoms with van der Waals surface area (Å²) < 4.78 is 0. The van der Waals surface area contributed by atoms with Crippen LogP contribution in [0, 0.1) is 11.3 Å². The third-order valence-corrected chi connectivity index (χ3v) is 2.57. The number of rotatable bonds is 4. The molecule has 4 nitrogen and oxygen atoms in total. The second kappa shape index (κ2) is 5.60. The lowest BCUT2D eigenvalue weighted by Gasteiger charge is -2.05. The third kappa shape index (κ3) is 3.34. The van der Waals surface area contributed by atoms with Crippen molar-refractivity contribution in [2.45, 2.75) is 11.1 Å². The van der Waals surface area contributed by atoms with Crippen LogP contribution in [0.1, 0.15) is 5.56 Å². The van der Waals surface area contributed by atoms with E-state index in [-0.39, 0.29) is 6.61 Å². The zero-order valence-electron chi connectivity index (χ0n) is 7.42. The van der Waals surface area contributed by atoms with Crippen molar-refractivity contribution in [3.63, 3.8) is 0 Å². The summed E-state index contributed by atoms with van der Waals surface area (Å²) in [5.41, 5.74) is 0.543. The Kier molecular flexibility index (Phi) is 4.40. The number of aliphatic hydroxyl groups excluding tert-OH is 2. The normalized spacial score (nSPS) is 12.1. The molecule has 1 aromatic heterocycles. The van der Waals surface area contributed by atoms with Gasteiger partial charge in [0.1, 0.15) is 0 Å². The average Bonchev–Trinajstić information content (AvgIpc) is 2.26. The van der Waals surface area contributed by atoms with Crippen LogP contribution in [0.25, 0.3) is 0 Å². The maximum absolute atomic E-state index is 9.08. The van der Waals surface area contributed by atoms with E-state index in [0.717, 1.165) is 0 Å². The lowest BCUT2D eigenvalue weighted by atomic mass is 10.3. The fourth-order valence-corrected chi connectivity index (χ4v) is 1.61. The van der Waals surface area contributed by atoms with Gasteiger partial charge < -0.3 is 10.2 Å². The first kappa shape index (κ1) is 11.0. The van der Waals surface area contributed by atoms with Gasteiger partial charge in [-0.05, 0) is 12.1 Å². The Labute approximate surface area is 86.2 Å². The van der Waals surface area contributed by atoms with Crippen molar-refractivity contribution in [2.75, 3.05) is 12.4 Å². The van der Waals surface area contributed by atoms with Crippen LogP contribution in [0.2, 0.25) is 0 Å². The topological polar surface area (TPSA) is 77.1 Å². The van der Waals surface area contributed by atoms with Crippen LogP contribution in [0.3, 0.4) is 0 Å². The van der Waals surface area contributed by atoms with Gasteiger partial charge in [0, 0.05) is 11.9 Å². The fourth-order valence-electron chi connectivity index (χ4n) is 0.792. The predicted molar refractivity (Wildman–Crippen MR) is 52.8 cm³/mol. The Morgan fingerprint density at radius 1 is 1.64 bits per heavy atom. The Balaban J connectivity index is 2.55. The van der Waals surface area contributed by atoms with Gasteiger partial charge in [-0.3, -0.25) is 0 Å². The molecular formula is C9H10N2O2S. The van der Waals surface area contributed by atoms with Crippen LogP contribution >= 0.6 is 11.8 Å². The highest BCUT2D eigenvalue weighted by molar-refractivity contribution is 7.99. The maximum atomic E-state index is 9.08. The minimum absolute atomic E-state index is 0.259. The Morgan fingerprint density at radius 3 is 3.07 bits per heavy atom. The lowest BCUT2D eigenvalue weighted by Crippen LogP contribution is -2.14. The Hall–Kier alpha value is -1.09. The molecule has 74 valence electrons. The Bertz CT molecular complexity index is 338. The standard InChI is InChI=1S/C9H10N2O2S/c10-4-7-1-2-11-9(3-7)14-6-8(13)5-12/h1-3,8,12-13H,5-6H2/t8-/m0/s1. The molecule has 5 heteroatoms. The summed E-state index contributed by atoms with van der Waals surface area (Å²) in [5.74, 6) is 0.373. The molecule has 0 radical (unpaired) electrons. The van der Waals surface area contributed by atoms with Crippen LogP contribution in [0.15, 0.2) is 23.4 Å². The molecule has 0 saturated carbocycles. The van der Waals surface area contributed by atoms with E-state index < -0.39 is 6.10 Å². The summed E-state index contributed by atoms with van der Waals surface area (Å²) >= 11 is 1.31. The number of hydrogen-bond donors (Lipinski definition) is 2. The van der Waals surface area contributed by atoms with Gasteiger partial charge in [-0.25, -0.2) is 4.98 Å². The van der Waals surface area contributed by atoms with Gasteiger partial charge >= 0.3 is 0 Å². The molecule has 14 heavy (non-hydrogen) atoms. The molecule has 0 aromatic carbocycles. The van der Waals surface area contributed by atoms with E-state index in [2.05, 4.69) is 4.98 Å². The first-order valence-corrected chi connectivity index (χ1v) is 5.02. The highest BCUT2D eigenvalue weighted by atomic mass is 32.2. The fraction of sp³-hybridized carbons (Fsp3) is 0.333. The van der Waals surface area contributed by atoms with Crippen molar-refractivity contribution in [2.24, 2.45) is 0 Å². The summed E-state index contributed by atoms with van der Waals surface area (Å²) in [7, 11) is 0. The highest BCUT2D eigenvalue weighted by Crippen LogP contribution is 2.16. The molecule has 0 unspecified atom stereocenters. The van der Waals surface area contributed by atoms with Gasteiger partial charge in [-0.15, -0.1) is 11.8 Å². The van der Waals surface area contributed by atoms with E-state index in [0.29, 0.717) is 16.3 Å². The monoisotopic (exact) mass is 210 g/mol. The second-order valence-electron chi connectivity index (χ2n) is 2.64. The molecule has 0 saturated heterocycles. The number of hydrogen-bond acceptors (Lipinski definition) is 5. The number of nitrogens with zero attached hydrogens (tertiary/aromatic N) is 2. The van der Waals surface area contributed by atoms with Crippen LogP contribution < -0.4 is 0 Å². The lowest BCUT2D eigenvalue weighted by molar-refractivity contribution is 0.113. The molecule has 1 rings (SSSR count). The number of nitriles is 1. The maximum Gasteiger partial charge on any atom is 0.0993 e. The largest absolute Gasteiger partial charge is 0.394 e. The van der Waals surface area contributed by atoms with Crippen molar-refractivity contribution < 1.29 is 10.2 Å². The first-order chi connectivity index (χ1) is 6.76. The minimum atomic E-state index is -0.743. The van der Waals surface area contributed by atoms with E-state index in [1.165, 1.54) is 11.8 Å². The predicted octanol–water partition coefficient (Wildman–Crippen LogP) is 0.399. The van der Waals surface area contributed by atoms with Crippen LogP contribution in [0.5, 0.6) is 0 Å². The van der Waals surface area contributed by atoms with Crippen molar-refractivity contribution >= 4 is 11.8 Å². The molecule has 2 N–H and O–H groups in total. The minimum Gasteiger partial charge on any atom is -0.394 e. The molecule has 0 aliphatic rings. The van der Waals surface area contributed by atoms with Crippen LogP contribution in [-0.2, 0) is 0 Å². The summed E-state index contributed by atoms with van der Waals surface area (Å²) in [6.07, 6.45) is 0.805. The molecule has 0 amide bonds. The van der Waals surface area contributed by atoms with Gasteiger partial charge in [0.25, 0.3) is 0 Å². The summed E-state index contributed by atoms with van der Waals surface area (Å²) in [6, 6.07) is 5.27. The molecule has 1 aromatic rings. The molecule has 0 aliphatic carbocycles. The summed E-state index contributed by atoms with van der Waals surface area (Å²) in [6.45, 7) is -0.259. The number of aliphatic hydroxyl groups is 2. The average molecular weight is 210 g/mol. The van der Waals surface area contributed by atoms with Crippen LogP contribution in [0.4, 0.5) is 0 Å². The zero-order valence-corrected chi connectivity index (χ0v) is 8.24. The van der Waals surface area contributed by atoms with E-state index in [1.54, 1.807) is 18.3 Å². The van der Waals surface area contributed by atoms with E-state index in [4.69, 9.17) is 15.5 Å². The zero-order chi connectivity index (χ0) is 10.4. The van der Waals surface area contributed by atoms with Crippen molar-refractivity contribution in [3.05, 3.63) is 23.9 Å². The number of pyridine rings is 1. The number of aromatic nitrogens is 1. The second-order valence-corrected chi connectivity index (χ2v) is 3.68. The molecule has 1 atom stereocenters.